The number of likely N-dealkylation sites (tertiary alicyclic amines) is 1. The predicted molar refractivity (Wildman–Crippen MR) is 68.7 cm³/mol. The second-order valence-corrected chi connectivity index (χ2v) is 5.60. The van der Waals surface area contributed by atoms with Crippen LogP contribution in [0.1, 0.15) is 30.6 Å². The molecule has 0 spiro atoms. The maximum absolute atomic E-state index is 12.8. The summed E-state index contributed by atoms with van der Waals surface area (Å²) in [6.45, 7) is 5.51. The van der Waals surface area contributed by atoms with Gasteiger partial charge >= 0.3 is 0 Å². The molecule has 0 aliphatic carbocycles. The molecule has 0 saturated carbocycles. The van der Waals surface area contributed by atoms with E-state index in [4.69, 9.17) is 5.73 Å². The molecule has 1 heterocycles. The minimum absolute atomic E-state index is 0.0179. The molecular formula is C14H19FN2O. The van der Waals surface area contributed by atoms with E-state index in [-0.39, 0.29) is 23.2 Å². The van der Waals surface area contributed by atoms with Crippen LogP contribution in [-0.4, -0.2) is 29.9 Å². The van der Waals surface area contributed by atoms with E-state index in [0.717, 1.165) is 6.42 Å². The first kappa shape index (κ1) is 13.0. The van der Waals surface area contributed by atoms with Crippen LogP contribution in [0, 0.1) is 11.2 Å². The summed E-state index contributed by atoms with van der Waals surface area (Å²) in [7, 11) is 0. The second kappa shape index (κ2) is 4.69. The Morgan fingerprint density at radius 2 is 2.00 bits per heavy atom. The van der Waals surface area contributed by atoms with Crippen LogP contribution in [0.25, 0.3) is 0 Å². The van der Waals surface area contributed by atoms with Gasteiger partial charge in [0.2, 0.25) is 0 Å². The van der Waals surface area contributed by atoms with Gasteiger partial charge in [-0.2, -0.15) is 0 Å². The number of benzene rings is 1. The van der Waals surface area contributed by atoms with Crippen molar-refractivity contribution in [1.82, 2.24) is 4.90 Å². The van der Waals surface area contributed by atoms with E-state index in [1.165, 1.54) is 24.3 Å². The smallest absolute Gasteiger partial charge is 0.253 e. The Hall–Kier alpha value is -1.42. The Labute approximate surface area is 107 Å². The van der Waals surface area contributed by atoms with Gasteiger partial charge in [0.25, 0.3) is 5.91 Å². The zero-order valence-electron chi connectivity index (χ0n) is 10.8. The molecule has 1 fully saturated rings. The lowest BCUT2D eigenvalue weighted by Gasteiger charge is -2.42. The highest BCUT2D eigenvalue weighted by Gasteiger charge is 2.34. The van der Waals surface area contributed by atoms with Gasteiger partial charge in [-0.1, -0.05) is 13.8 Å². The molecule has 1 atom stereocenters. The second-order valence-electron chi connectivity index (χ2n) is 5.60. The van der Waals surface area contributed by atoms with Crippen LogP contribution in [0.3, 0.4) is 0 Å². The van der Waals surface area contributed by atoms with Crippen molar-refractivity contribution in [2.45, 2.75) is 26.3 Å². The number of amides is 1. The predicted octanol–water partition coefficient (Wildman–Crippen LogP) is 2.03. The maximum Gasteiger partial charge on any atom is 0.253 e. The summed E-state index contributed by atoms with van der Waals surface area (Å²) in [4.78, 5) is 14.0. The molecule has 1 aromatic rings. The first-order valence-corrected chi connectivity index (χ1v) is 6.20. The van der Waals surface area contributed by atoms with Crippen molar-refractivity contribution < 1.29 is 9.18 Å². The highest BCUT2D eigenvalue weighted by molar-refractivity contribution is 5.94. The Kier molecular flexibility index (Phi) is 3.39. The minimum atomic E-state index is -0.331. The molecule has 1 unspecified atom stereocenters. The van der Waals surface area contributed by atoms with Crippen molar-refractivity contribution in [1.29, 1.82) is 0 Å². The number of nitrogens with zero attached hydrogens (tertiary/aromatic N) is 1. The van der Waals surface area contributed by atoms with Crippen molar-refractivity contribution in [3.8, 4) is 0 Å². The van der Waals surface area contributed by atoms with Crippen LogP contribution >= 0.6 is 0 Å². The van der Waals surface area contributed by atoms with E-state index in [9.17, 15) is 9.18 Å². The number of halogens is 1. The average Bonchev–Trinajstić information content (AvgIpc) is 2.33. The van der Waals surface area contributed by atoms with E-state index in [1.54, 1.807) is 4.90 Å². The zero-order valence-corrected chi connectivity index (χ0v) is 10.8. The van der Waals surface area contributed by atoms with E-state index in [1.807, 2.05) is 0 Å². The Morgan fingerprint density at radius 1 is 1.39 bits per heavy atom. The maximum atomic E-state index is 12.8. The van der Waals surface area contributed by atoms with Gasteiger partial charge in [0, 0.05) is 24.7 Å². The number of rotatable bonds is 1. The summed E-state index contributed by atoms with van der Waals surface area (Å²) >= 11 is 0. The third kappa shape index (κ3) is 2.53. The van der Waals surface area contributed by atoms with E-state index < -0.39 is 0 Å². The van der Waals surface area contributed by atoms with E-state index in [2.05, 4.69) is 13.8 Å². The average molecular weight is 250 g/mol. The van der Waals surface area contributed by atoms with Crippen molar-refractivity contribution in [3.05, 3.63) is 35.6 Å². The quantitative estimate of drug-likeness (QED) is 0.829. The number of carbonyl (C=O) groups excluding carboxylic acids is 1. The van der Waals surface area contributed by atoms with Gasteiger partial charge in [0.05, 0.1) is 0 Å². The van der Waals surface area contributed by atoms with Gasteiger partial charge in [0.15, 0.2) is 0 Å². The van der Waals surface area contributed by atoms with Crippen LogP contribution in [0.2, 0.25) is 0 Å². The first-order valence-electron chi connectivity index (χ1n) is 6.20. The molecule has 1 amide bonds. The van der Waals surface area contributed by atoms with Gasteiger partial charge in [-0.05, 0) is 36.1 Å². The monoisotopic (exact) mass is 250 g/mol. The van der Waals surface area contributed by atoms with Crippen molar-refractivity contribution in [3.63, 3.8) is 0 Å². The van der Waals surface area contributed by atoms with Gasteiger partial charge in [-0.3, -0.25) is 4.79 Å². The third-order valence-corrected chi connectivity index (χ3v) is 3.83. The highest BCUT2D eigenvalue weighted by Crippen LogP contribution is 2.29. The molecular weight excluding hydrogens is 231 g/mol. The Morgan fingerprint density at radius 3 is 2.56 bits per heavy atom. The number of carbonyl (C=O) groups is 1. The largest absolute Gasteiger partial charge is 0.337 e. The molecule has 1 aliphatic rings. The molecule has 0 bridgehead atoms. The molecule has 1 aliphatic heterocycles. The lowest BCUT2D eigenvalue weighted by atomic mass is 9.78. The highest BCUT2D eigenvalue weighted by atomic mass is 19.1. The van der Waals surface area contributed by atoms with Crippen LogP contribution in [0.15, 0.2) is 24.3 Å². The standard InChI is InChI=1S/C14H19FN2O/c1-14(2)7-8-17(9-12(14)16)13(18)10-3-5-11(15)6-4-10/h3-6,12H,7-9,16H2,1-2H3. The van der Waals surface area contributed by atoms with Crippen molar-refractivity contribution in [2.24, 2.45) is 11.1 Å². The Bertz CT molecular complexity index is 442. The minimum Gasteiger partial charge on any atom is -0.337 e. The van der Waals surface area contributed by atoms with Crippen LogP contribution in [-0.2, 0) is 0 Å². The summed E-state index contributed by atoms with van der Waals surface area (Å²) in [5, 5.41) is 0. The van der Waals surface area contributed by atoms with Crippen LogP contribution < -0.4 is 5.73 Å². The molecule has 98 valence electrons. The number of nitrogens with two attached hydrogens (primary N) is 1. The van der Waals surface area contributed by atoms with Crippen molar-refractivity contribution >= 4 is 5.91 Å². The number of hydrogen-bond donors (Lipinski definition) is 1. The van der Waals surface area contributed by atoms with Gasteiger partial charge in [0.1, 0.15) is 5.82 Å². The summed E-state index contributed by atoms with van der Waals surface area (Å²) in [5.41, 5.74) is 6.67. The number of piperidine rings is 1. The third-order valence-electron chi connectivity index (χ3n) is 3.83. The van der Waals surface area contributed by atoms with E-state index in [0.29, 0.717) is 18.7 Å². The first-order chi connectivity index (χ1) is 8.40. The fourth-order valence-electron chi connectivity index (χ4n) is 2.14. The number of hydrogen-bond acceptors (Lipinski definition) is 2. The fourth-order valence-corrected chi connectivity index (χ4v) is 2.14. The summed E-state index contributed by atoms with van der Waals surface area (Å²) in [5.74, 6) is -0.399. The molecule has 0 aromatic heterocycles. The van der Waals surface area contributed by atoms with Crippen LogP contribution in [0.5, 0.6) is 0 Å². The molecule has 4 heteroatoms. The molecule has 0 radical (unpaired) electrons. The Balaban J connectivity index is 2.09. The molecule has 2 rings (SSSR count). The lowest BCUT2D eigenvalue weighted by molar-refractivity contribution is 0.0575. The summed E-state index contributed by atoms with van der Waals surface area (Å²) in [6.07, 6.45) is 0.890. The topological polar surface area (TPSA) is 46.3 Å². The van der Waals surface area contributed by atoms with E-state index >= 15 is 0 Å². The zero-order chi connectivity index (χ0) is 13.3. The van der Waals surface area contributed by atoms with Crippen molar-refractivity contribution in [2.75, 3.05) is 13.1 Å². The fraction of sp³-hybridized carbons (Fsp3) is 0.500. The van der Waals surface area contributed by atoms with Gasteiger partial charge < -0.3 is 10.6 Å². The lowest BCUT2D eigenvalue weighted by Crippen LogP contribution is -2.54. The normalized spacial score (nSPS) is 22.9. The van der Waals surface area contributed by atoms with Gasteiger partial charge in [-0.25, -0.2) is 4.39 Å². The summed E-state index contributed by atoms with van der Waals surface area (Å²) in [6, 6.07) is 5.63. The molecule has 18 heavy (non-hydrogen) atoms. The van der Waals surface area contributed by atoms with Gasteiger partial charge in [-0.15, -0.1) is 0 Å². The molecule has 1 saturated heterocycles. The SMILES string of the molecule is CC1(C)CCN(C(=O)c2ccc(F)cc2)CC1N. The van der Waals surface area contributed by atoms with Crippen LogP contribution in [0.4, 0.5) is 4.39 Å². The molecule has 1 aromatic carbocycles. The molecule has 2 N–H and O–H groups in total. The molecule has 3 nitrogen and oxygen atoms in total. The summed E-state index contributed by atoms with van der Waals surface area (Å²) < 4.78 is 12.8.